The van der Waals surface area contributed by atoms with Crippen molar-refractivity contribution in [3.8, 4) is 0 Å². The van der Waals surface area contributed by atoms with E-state index in [1.807, 2.05) is 60.7 Å². The fourth-order valence-corrected chi connectivity index (χ4v) is 4.06. The van der Waals surface area contributed by atoms with Crippen molar-refractivity contribution < 1.29 is 24.2 Å². The molecule has 0 bridgehead atoms. The molecule has 3 rings (SSSR count). The van der Waals surface area contributed by atoms with Crippen LogP contribution in [-0.2, 0) is 32.3 Å². The molecule has 2 aromatic carbocycles. The van der Waals surface area contributed by atoms with Crippen molar-refractivity contribution in [2.45, 2.75) is 64.4 Å². The number of hydrogen-bond donors (Lipinski definition) is 2. The molecule has 1 fully saturated rings. The normalized spacial score (nSPS) is 17.2. The predicted molar refractivity (Wildman–Crippen MR) is 121 cm³/mol. The molecule has 172 valence electrons. The van der Waals surface area contributed by atoms with E-state index in [0.29, 0.717) is 19.4 Å². The molecule has 0 radical (unpaired) electrons. The number of rotatable bonds is 10. The van der Waals surface area contributed by atoms with Gasteiger partial charge in [-0.3, -0.25) is 4.79 Å². The van der Waals surface area contributed by atoms with Crippen LogP contribution in [0, 0.1) is 5.41 Å². The van der Waals surface area contributed by atoms with Gasteiger partial charge in [-0.25, -0.2) is 4.79 Å². The molecule has 32 heavy (non-hydrogen) atoms. The molecule has 1 aliphatic rings. The summed E-state index contributed by atoms with van der Waals surface area (Å²) in [7, 11) is 0. The zero-order chi connectivity index (χ0) is 22.8. The highest BCUT2D eigenvalue weighted by Crippen LogP contribution is 2.36. The standard InChI is InChI=1S/C26H33NO5/c1-20(31-17-21-11-5-2-6-12-21)23(24(29)32-18-22-13-7-3-8-14-22)27-25(30)26(19-28)15-9-4-10-16-26/h2-3,5-8,11-14,20,23,28H,4,9-10,15-19H2,1H3,(H,27,30)/t20-,23+/m1/s1. The van der Waals surface area contributed by atoms with Gasteiger partial charge in [-0.2, -0.15) is 0 Å². The summed E-state index contributed by atoms with van der Waals surface area (Å²) >= 11 is 0. The molecule has 1 amide bonds. The van der Waals surface area contributed by atoms with E-state index in [9.17, 15) is 14.7 Å². The first-order chi connectivity index (χ1) is 15.5. The number of carbonyl (C=O) groups is 2. The van der Waals surface area contributed by atoms with Gasteiger partial charge in [-0.15, -0.1) is 0 Å². The maximum Gasteiger partial charge on any atom is 0.331 e. The summed E-state index contributed by atoms with van der Waals surface area (Å²) in [6.07, 6.45) is 3.44. The highest BCUT2D eigenvalue weighted by atomic mass is 16.5. The van der Waals surface area contributed by atoms with Crippen LogP contribution in [-0.4, -0.2) is 35.7 Å². The molecule has 0 aromatic heterocycles. The SMILES string of the molecule is C[C@@H](OCc1ccccc1)[C@H](NC(=O)C1(CO)CCCCC1)C(=O)OCc1ccccc1. The Morgan fingerprint density at radius 1 is 0.938 bits per heavy atom. The number of aliphatic hydroxyl groups excluding tert-OH is 1. The van der Waals surface area contributed by atoms with Crippen LogP contribution in [0.1, 0.15) is 50.2 Å². The van der Waals surface area contributed by atoms with Gasteiger partial charge in [0.2, 0.25) is 5.91 Å². The van der Waals surface area contributed by atoms with Crippen molar-refractivity contribution in [3.63, 3.8) is 0 Å². The molecule has 0 heterocycles. The minimum atomic E-state index is -0.972. The summed E-state index contributed by atoms with van der Waals surface area (Å²) in [4.78, 5) is 26.2. The molecular formula is C26H33NO5. The Labute approximate surface area is 189 Å². The van der Waals surface area contributed by atoms with E-state index in [1.165, 1.54) is 0 Å². The first kappa shape index (κ1) is 24.0. The average molecular weight is 440 g/mol. The van der Waals surface area contributed by atoms with E-state index in [0.717, 1.165) is 30.4 Å². The third-order valence-electron chi connectivity index (χ3n) is 6.18. The van der Waals surface area contributed by atoms with Crippen LogP contribution in [0.25, 0.3) is 0 Å². The lowest BCUT2D eigenvalue weighted by Crippen LogP contribution is -2.55. The van der Waals surface area contributed by atoms with Gasteiger partial charge in [0.15, 0.2) is 6.04 Å². The molecule has 2 aromatic rings. The highest BCUT2D eigenvalue weighted by molar-refractivity contribution is 5.88. The second kappa shape index (κ2) is 11.8. The van der Waals surface area contributed by atoms with Gasteiger partial charge in [-0.05, 0) is 30.9 Å². The third kappa shape index (κ3) is 6.40. The second-order valence-electron chi connectivity index (χ2n) is 8.55. The molecule has 2 atom stereocenters. The second-order valence-corrected chi connectivity index (χ2v) is 8.55. The van der Waals surface area contributed by atoms with E-state index in [2.05, 4.69) is 5.32 Å². The van der Waals surface area contributed by atoms with Crippen molar-refractivity contribution in [2.24, 2.45) is 5.41 Å². The molecule has 1 aliphatic carbocycles. The van der Waals surface area contributed by atoms with Crippen molar-refractivity contribution in [3.05, 3.63) is 71.8 Å². The number of amides is 1. The van der Waals surface area contributed by atoms with E-state index in [-0.39, 0.29) is 19.1 Å². The monoisotopic (exact) mass is 439 g/mol. The van der Waals surface area contributed by atoms with Crippen molar-refractivity contribution in [2.75, 3.05) is 6.61 Å². The van der Waals surface area contributed by atoms with Gasteiger partial charge in [0.25, 0.3) is 0 Å². The summed E-state index contributed by atoms with van der Waals surface area (Å²) in [5.74, 6) is -0.858. The summed E-state index contributed by atoms with van der Waals surface area (Å²) in [6.45, 7) is 1.95. The van der Waals surface area contributed by atoms with Gasteiger partial charge in [0, 0.05) is 0 Å². The zero-order valence-electron chi connectivity index (χ0n) is 18.7. The molecule has 2 N–H and O–H groups in total. The Balaban J connectivity index is 1.69. The Bertz CT molecular complexity index is 849. The van der Waals surface area contributed by atoms with E-state index >= 15 is 0 Å². The van der Waals surface area contributed by atoms with Gasteiger partial charge in [0.05, 0.1) is 24.7 Å². The molecule has 0 aliphatic heterocycles. The lowest BCUT2D eigenvalue weighted by atomic mass is 9.74. The quantitative estimate of drug-likeness (QED) is 0.551. The van der Waals surface area contributed by atoms with Gasteiger partial charge < -0.3 is 19.9 Å². The van der Waals surface area contributed by atoms with Gasteiger partial charge >= 0.3 is 5.97 Å². The lowest BCUT2D eigenvalue weighted by Gasteiger charge is -2.36. The van der Waals surface area contributed by atoms with E-state index in [1.54, 1.807) is 6.92 Å². The molecule has 0 unspecified atom stereocenters. The van der Waals surface area contributed by atoms with Crippen LogP contribution < -0.4 is 5.32 Å². The first-order valence-corrected chi connectivity index (χ1v) is 11.3. The number of nitrogens with one attached hydrogen (secondary N) is 1. The van der Waals surface area contributed by atoms with Crippen LogP contribution >= 0.6 is 0 Å². The minimum Gasteiger partial charge on any atom is -0.459 e. The molecule has 6 nitrogen and oxygen atoms in total. The van der Waals surface area contributed by atoms with Gasteiger partial charge in [-0.1, -0.05) is 79.9 Å². The number of hydrogen-bond acceptors (Lipinski definition) is 5. The Kier molecular flexibility index (Phi) is 8.82. The van der Waals surface area contributed by atoms with Crippen molar-refractivity contribution in [1.29, 1.82) is 0 Å². The Hall–Kier alpha value is -2.70. The highest BCUT2D eigenvalue weighted by Gasteiger charge is 2.42. The molecule has 6 heteroatoms. The molecular weight excluding hydrogens is 406 g/mol. The molecule has 0 saturated heterocycles. The zero-order valence-corrected chi connectivity index (χ0v) is 18.7. The smallest absolute Gasteiger partial charge is 0.331 e. The maximum absolute atomic E-state index is 13.2. The fourth-order valence-electron chi connectivity index (χ4n) is 4.06. The lowest BCUT2D eigenvalue weighted by molar-refractivity contribution is -0.156. The van der Waals surface area contributed by atoms with Crippen molar-refractivity contribution >= 4 is 11.9 Å². The first-order valence-electron chi connectivity index (χ1n) is 11.3. The minimum absolute atomic E-state index is 0.114. The number of aliphatic hydroxyl groups is 1. The largest absolute Gasteiger partial charge is 0.459 e. The van der Waals surface area contributed by atoms with Crippen LogP contribution in [0.5, 0.6) is 0 Å². The predicted octanol–water partition coefficient (Wildman–Crippen LogP) is 3.76. The van der Waals surface area contributed by atoms with Crippen LogP contribution in [0.4, 0.5) is 0 Å². The van der Waals surface area contributed by atoms with E-state index in [4.69, 9.17) is 9.47 Å². The van der Waals surface area contributed by atoms with E-state index < -0.39 is 23.5 Å². The summed E-state index contributed by atoms with van der Waals surface area (Å²) in [5, 5.41) is 12.8. The average Bonchev–Trinajstić information content (AvgIpc) is 2.85. The van der Waals surface area contributed by atoms with Gasteiger partial charge in [0.1, 0.15) is 6.61 Å². The number of ether oxygens (including phenoxy) is 2. The third-order valence-corrected chi connectivity index (χ3v) is 6.18. The van der Waals surface area contributed by atoms with Crippen LogP contribution in [0.2, 0.25) is 0 Å². The summed E-state index contributed by atoms with van der Waals surface area (Å²) in [6, 6.07) is 18.1. The summed E-state index contributed by atoms with van der Waals surface area (Å²) < 4.78 is 11.5. The number of carbonyl (C=O) groups excluding carboxylic acids is 2. The Morgan fingerprint density at radius 2 is 1.50 bits per heavy atom. The van der Waals surface area contributed by atoms with Crippen LogP contribution in [0.15, 0.2) is 60.7 Å². The molecule has 0 spiro atoms. The Morgan fingerprint density at radius 3 is 2.06 bits per heavy atom. The number of esters is 1. The number of benzene rings is 2. The topological polar surface area (TPSA) is 84.9 Å². The molecule has 1 saturated carbocycles. The summed E-state index contributed by atoms with van der Waals surface area (Å²) in [5.41, 5.74) is 0.985. The van der Waals surface area contributed by atoms with Crippen molar-refractivity contribution in [1.82, 2.24) is 5.32 Å². The fraction of sp³-hybridized carbons (Fsp3) is 0.462. The van der Waals surface area contributed by atoms with Crippen LogP contribution in [0.3, 0.4) is 0 Å². The maximum atomic E-state index is 13.2.